The highest BCUT2D eigenvalue weighted by molar-refractivity contribution is 7.09. The van der Waals surface area contributed by atoms with Gasteiger partial charge in [0.25, 0.3) is 5.91 Å². The van der Waals surface area contributed by atoms with Crippen molar-refractivity contribution in [2.24, 2.45) is 0 Å². The number of piperidine rings is 1. The minimum atomic E-state index is -0.409. The average Bonchev–Trinajstić information content (AvgIpc) is 3.23. The molecule has 23 heavy (non-hydrogen) atoms. The van der Waals surface area contributed by atoms with Crippen LogP contribution in [0.5, 0.6) is 5.75 Å². The van der Waals surface area contributed by atoms with Crippen LogP contribution in [0, 0.1) is 0 Å². The Morgan fingerprint density at radius 3 is 3.00 bits per heavy atom. The molecule has 0 radical (unpaired) electrons. The van der Waals surface area contributed by atoms with Crippen LogP contribution in [0.25, 0.3) is 0 Å². The number of carbonyl (C=O) groups is 1. The number of rotatable bonds is 2. The van der Waals surface area contributed by atoms with E-state index in [1.54, 1.807) is 11.3 Å². The Morgan fingerprint density at radius 1 is 1.35 bits per heavy atom. The Labute approximate surface area is 140 Å². The number of aromatic nitrogens is 1. The van der Waals surface area contributed by atoms with E-state index in [0.717, 1.165) is 42.1 Å². The molecule has 0 saturated carbocycles. The van der Waals surface area contributed by atoms with Gasteiger partial charge in [0, 0.05) is 29.6 Å². The third kappa shape index (κ3) is 2.53. The summed E-state index contributed by atoms with van der Waals surface area (Å²) >= 11 is 1.64. The second-order valence-electron chi connectivity index (χ2n) is 6.28. The van der Waals surface area contributed by atoms with Crippen LogP contribution in [-0.4, -0.2) is 28.4 Å². The Bertz CT molecular complexity index is 701. The lowest BCUT2D eigenvalue weighted by molar-refractivity contribution is -0.142. The van der Waals surface area contributed by atoms with E-state index in [9.17, 15) is 4.79 Å². The van der Waals surface area contributed by atoms with Crippen LogP contribution in [-0.2, 0) is 4.79 Å². The molecule has 1 aromatic carbocycles. The van der Waals surface area contributed by atoms with E-state index < -0.39 is 6.10 Å². The zero-order valence-corrected chi connectivity index (χ0v) is 14.0. The lowest BCUT2D eigenvalue weighted by atomic mass is 9.95. The summed E-state index contributed by atoms with van der Waals surface area (Å²) in [6, 6.07) is 8.08. The first-order valence-electron chi connectivity index (χ1n) is 8.21. The normalized spacial score (nSPS) is 26.7. The highest BCUT2D eigenvalue weighted by Gasteiger charge is 2.41. The minimum Gasteiger partial charge on any atom is -0.480 e. The zero-order valence-electron chi connectivity index (χ0n) is 13.1. The van der Waals surface area contributed by atoms with Crippen molar-refractivity contribution < 1.29 is 9.53 Å². The molecular weight excluding hydrogens is 308 g/mol. The van der Waals surface area contributed by atoms with Crippen molar-refractivity contribution in [3.05, 3.63) is 46.4 Å². The highest BCUT2D eigenvalue weighted by Crippen LogP contribution is 2.40. The maximum absolute atomic E-state index is 13.2. The lowest BCUT2D eigenvalue weighted by Gasteiger charge is -2.36. The van der Waals surface area contributed by atoms with Crippen molar-refractivity contribution in [1.29, 1.82) is 0 Å². The van der Waals surface area contributed by atoms with Gasteiger partial charge in [-0.25, -0.2) is 4.98 Å². The number of ether oxygens (including phenoxy) is 1. The number of carbonyl (C=O) groups excluding carboxylic acids is 1. The van der Waals surface area contributed by atoms with Gasteiger partial charge in [0.05, 0.1) is 6.04 Å². The molecule has 1 fully saturated rings. The summed E-state index contributed by atoms with van der Waals surface area (Å²) in [5, 5.41) is 3.03. The molecule has 2 aliphatic rings. The van der Waals surface area contributed by atoms with E-state index in [1.165, 1.54) is 0 Å². The zero-order chi connectivity index (χ0) is 15.8. The molecule has 0 aliphatic carbocycles. The van der Waals surface area contributed by atoms with Crippen LogP contribution in [0.1, 0.15) is 48.7 Å². The van der Waals surface area contributed by atoms with Crippen LogP contribution in [0.4, 0.5) is 0 Å². The molecule has 1 amide bonds. The number of fused-ring (bicyclic) bond motifs is 1. The van der Waals surface area contributed by atoms with Crippen LogP contribution >= 0.6 is 11.3 Å². The first-order valence-corrected chi connectivity index (χ1v) is 9.09. The number of nitrogens with zero attached hydrogens (tertiary/aromatic N) is 2. The number of para-hydroxylation sites is 1. The van der Waals surface area contributed by atoms with Crippen molar-refractivity contribution in [3.63, 3.8) is 0 Å². The fourth-order valence-electron chi connectivity index (χ4n) is 3.64. The number of hydrogen-bond acceptors (Lipinski definition) is 4. The molecule has 0 spiro atoms. The van der Waals surface area contributed by atoms with E-state index in [0.29, 0.717) is 0 Å². The lowest BCUT2D eigenvalue weighted by Crippen LogP contribution is -2.46. The van der Waals surface area contributed by atoms with Gasteiger partial charge < -0.3 is 9.64 Å². The molecule has 3 heterocycles. The fourth-order valence-corrected chi connectivity index (χ4v) is 4.43. The predicted molar refractivity (Wildman–Crippen MR) is 89.7 cm³/mol. The Morgan fingerprint density at radius 2 is 2.22 bits per heavy atom. The summed E-state index contributed by atoms with van der Waals surface area (Å²) in [6.45, 7) is 2.88. The molecule has 0 N–H and O–H groups in total. The second kappa shape index (κ2) is 5.96. The standard InChI is InChI=1S/C18H20N2O2S/c1-12-13-6-2-3-8-15(13)22-16(12)18(21)20-10-5-4-7-14(20)17-19-9-11-23-17/h2-3,6,8-9,11-12,14,16H,4-5,7,10H2,1H3/t12-,14+,16+/m1/s1. The molecule has 0 unspecified atom stereocenters. The molecule has 1 saturated heterocycles. The predicted octanol–water partition coefficient (Wildman–Crippen LogP) is 3.76. The Kier molecular flexibility index (Phi) is 3.81. The molecule has 120 valence electrons. The van der Waals surface area contributed by atoms with Gasteiger partial charge >= 0.3 is 0 Å². The molecule has 0 bridgehead atoms. The molecular formula is C18H20N2O2S. The maximum atomic E-state index is 13.2. The van der Waals surface area contributed by atoms with Gasteiger partial charge in [-0.15, -0.1) is 11.3 Å². The van der Waals surface area contributed by atoms with Crippen molar-refractivity contribution in [1.82, 2.24) is 9.88 Å². The van der Waals surface area contributed by atoms with Gasteiger partial charge in [-0.3, -0.25) is 4.79 Å². The van der Waals surface area contributed by atoms with Gasteiger partial charge in [-0.05, 0) is 25.3 Å². The summed E-state index contributed by atoms with van der Waals surface area (Å²) in [5.41, 5.74) is 1.13. The second-order valence-corrected chi connectivity index (χ2v) is 7.20. The Hall–Kier alpha value is -1.88. The maximum Gasteiger partial charge on any atom is 0.264 e. The summed E-state index contributed by atoms with van der Waals surface area (Å²) in [5.74, 6) is 1.05. The van der Waals surface area contributed by atoms with Crippen molar-refractivity contribution in [2.75, 3.05) is 6.54 Å². The van der Waals surface area contributed by atoms with Crippen LogP contribution in [0.15, 0.2) is 35.8 Å². The van der Waals surface area contributed by atoms with E-state index in [-0.39, 0.29) is 17.9 Å². The summed E-state index contributed by atoms with van der Waals surface area (Å²) in [4.78, 5) is 19.6. The smallest absolute Gasteiger partial charge is 0.264 e. The molecule has 3 atom stereocenters. The number of benzene rings is 1. The molecule has 5 heteroatoms. The van der Waals surface area contributed by atoms with Crippen molar-refractivity contribution in [3.8, 4) is 5.75 Å². The molecule has 4 rings (SSSR count). The van der Waals surface area contributed by atoms with Crippen LogP contribution in [0.2, 0.25) is 0 Å². The average molecular weight is 328 g/mol. The van der Waals surface area contributed by atoms with Gasteiger partial charge in [-0.2, -0.15) is 0 Å². The van der Waals surface area contributed by atoms with E-state index in [2.05, 4.69) is 18.0 Å². The number of thiazole rings is 1. The summed E-state index contributed by atoms with van der Waals surface area (Å²) in [7, 11) is 0. The third-order valence-electron chi connectivity index (χ3n) is 4.88. The van der Waals surface area contributed by atoms with E-state index in [1.807, 2.05) is 34.7 Å². The highest BCUT2D eigenvalue weighted by atomic mass is 32.1. The van der Waals surface area contributed by atoms with Gasteiger partial charge in [-0.1, -0.05) is 25.1 Å². The quantitative estimate of drug-likeness (QED) is 0.843. The van der Waals surface area contributed by atoms with Crippen LogP contribution < -0.4 is 4.74 Å². The van der Waals surface area contributed by atoms with Gasteiger partial charge in [0.15, 0.2) is 6.10 Å². The summed E-state index contributed by atoms with van der Waals surface area (Å²) < 4.78 is 5.99. The number of hydrogen-bond donors (Lipinski definition) is 0. The Balaban J connectivity index is 1.59. The molecule has 2 aromatic rings. The first kappa shape index (κ1) is 14.7. The van der Waals surface area contributed by atoms with Crippen molar-refractivity contribution >= 4 is 17.2 Å². The van der Waals surface area contributed by atoms with E-state index >= 15 is 0 Å². The first-order chi connectivity index (χ1) is 11.3. The molecule has 1 aromatic heterocycles. The van der Waals surface area contributed by atoms with Crippen molar-refractivity contribution in [2.45, 2.75) is 44.2 Å². The largest absolute Gasteiger partial charge is 0.480 e. The number of amides is 1. The van der Waals surface area contributed by atoms with Gasteiger partial charge in [0.2, 0.25) is 0 Å². The van der Waals surface area contributed by atoms with E-state index in [4.69, 9.17) is 4.74 Å². The molecule has 4 nitrogen and oxygen atoms in total. The van der Waals surface area contributed by atoms with Gasteiger partial charge in [0.1, 0.15) is 10.8 Å². The molecule has 2 aliphatic heterocycles. The topological polar surface area (TPSA) is 42.4 Å². The third-order valence-corrected chi connectivity index (χ3v) is 5.76. The fraction of sp³-hybridized carbons (Fsp3) is 0.444. The van der Waals surface area contributed by atoms with Crippen LogP contribution in [0.3, 0.4) is 0 Å². The summed E-state index contributed by atoms with van der Waals surface area (Å²) in [6.07, 6.45) is 4.61. The number of likely N-dealkylation sites (tertiary alicyclic amines) is 1. The monoisotopic (exact) mass is 328 g/mol. The minimum absolute atomic E-state index is 0.0950. The SMILES string of the molecule is C[C@@H]1c2ccccc2O[C@@H]1C(=O)N1CCCC[C@H]1c1nccs1.